The number of aliphatic hydroxyl groups is 1. The van der Waals surface area contributed by atoms with Gasteiger partial charge in [0.15, 0.2) is 0 Å². The molecule has 3 heterocycles. The Kier molecular flexibility index (Phi) is 7.50. The number of carbonyl (C=O) groups excluding carboxylic acids is 2. The number of amides is 2. The second-order valence-electron chi connectivity index (χ2n) is 11.5. The molecule has 1 fully saturated rings. The molecule has 10 nitrogen and oxygen atoms in total. The predicted molar refractivity (Wildman–Crippen MR) is 156 cm³/mol. The van der Waals surface area contributed by atoms with Crippen LogP contribution in [0, 0.1) is 11.6 Å². The normalized spacial score (nSPS) is 19.0. The van der Waals surface area contributed by atoms with Gasteiger partial charge in [0.2, 0.25) is 11.5 Å². The number of fused-ring (bicyclic) bond motifs is 2. The molecule has 2 amide bonds. The Balaban J connectivity index is 1.43. The van der Waals surface area contributed by atoms with E-state index in [1.165, 1.54) is 26.2 Å². The number of nitrogens with two attached hydrogens (primary N) is 1. The van der Waals surface area contributed by atoms with Crippen molar-refractivity contribution in [1.29, 1.82) is 0 Å². The molecule has 1 aliphatic heterocycles. The Labute approximate surface area is 265 Å². The number of alkyl halides is 3. The van der Waals surface area contributed by atoms with Crippen LogP contribution in [-0.2, 0) is 15.8 Å². The van der Waals surface area contributed by atoms with E-state index in [4.69, 9.17) is 15.2 Å². The average Bonchev–Trinajstić information content (AvgIpc) is 3.67. The molecule has 2 aromatic heterocycles. The summed E-state index contributed by atoms with van der Waals surface area (Å²) in [5.41, 5.74) is -1.94. The molecule has 0 radical (unpaired) electrons. The quantitative estimate of drug-likeness (QED) is 0.176. The molecule has 1 aliphatic carbocycles. The monoisotopic (exact) mass is 709 g/mol. The Morgan fingerprint density at radius 1 is 1.20 bits per heavy atom. The molecule has 2 atom stereocenters. The lowest BCUT2D eigenvalue weighted by molar-refractivity contribution is -0.265. The average molecular weight is 710 g/mol. The first-order valence-electron chi connectivity index (χ1n) is 13.8. The standard InChI is InChI=1S/C30H25BrF5N5O5/c1-28(27(37)43)12-46-25-17(28)8-22(39-24(25)16-7-18(31)20(33)9-19(16)32)29(44,30(34,35)36)11-38-26(42)13-5-14-10-41(15-3-4-15)40-23(14)21(6-13)45-2/h5-10,15,44H,3-4,11-12H2,1-2H3,(H2,37,43)(H,38,42)/t28-,29-/m0/s1. The van der Waals surface area contributed by atoms with Crippen molar-refractivity contribution in [2.75, 3.05) is 20.3 Å². The number of benzene rings is 2. The maximum atomic E-state index is 15.1. The van der Waals surface area contributed by atoms with Gasteiger partial charge >= 0.3 is 6.18 Å². The molecule has 2 aliphatic rings. The molecule has 4 aromatic rings. The number of carbonyl (C=O) groups is 2. The second kappa shape index (κ2) is 10.9. The molecule has 1 saturated carbocycles. The van der Waals surface area contributed by atoms with Crippen molar-refractivity contribution in [3.8, 4) is 22.8 Å². The number of halogens is 6. The number of hydrogen-bond acceptors (Lipinski definition) is 7. The van der Waals surface area contributed by atoms with Gasteiger partial charge in [0.05, 0.1) is 29.9 Å². The minimum atomic E-state index is -5.46. The van der Waals surface area contributed by atoms with E-state index >= 15 is 4.39 Å². The summed E-state index contributed by atoms with van der Waals surface area (Å²) < 4.78 is 85.8. The lowest BCUT2D eigenvalue weighted by Gasteiger charge is -2.31. The molecule has 16 heteroatoms. The lowest BCUT2D eigenvalue weighted by Crippen LogP contribution is -2.51. The summed E-state index contributed by atoms with van der Waals surface area (Å²) >= 11 is 2.92. The van der Waals surface area contributed by atoms with Gasteiger partial charge in [0.25, 0.3) is 5.91 Å². The molecule has 2 aromatic carbocycles. The van der Waals surface area contributed by atoms with E-state index in [0.717, 1.165) is 25.0 Å². The number of aromatic nitrogens is 3. The predicted octanol–water partition coefficient (Wildman–Crippen LogP) is 4.80. The minimum absolute atomic E-state index is 0.0697. The summed E-state index contributed by atoms with van der Waals surface area (Å²) in [5.74, 6) is -4.22. The van der Waals surface area contributed by atoms with Crippen LogP contribution in [0.1, 0.15) is 47.4 Å². The van der Waals surface area contributed by atoms with Crippen LogP contribution in [0.3, 0.4) is 0 Å². The number of pyridine rings is 1. The van der Waals surface area contributed by atoms with Crippen molar-refractivity contribution in [2.45, 2.75) is 43.0 Å². The zero-order valence-corrected chi connectivity index (χ0v) is 25.7. The fourth-order valence-electron chi connectivity index (χ4n) is 5.27. The molecule has 0 bridgehead atoms. The van der Waals surface area contributed by atoms with Crippen LogP contribution < -0.4 is 20.5 Å². The highest BCUT2D eigenvalue weighted by Gasteiger charge is 2.58. The largest absolute Gasteiger partial charge is 0.494 e. The smallest absolute Gasteiger partial charge is 0.424 e. The van der Waals surface area contributed by atoms with Crippen molar-refractivity contribution in [3.05, 3.63) is 69.5 Å². The molecule has 0 unspecified atom stereocenters. The highest BCUT2D eigenvalue weighted by Crippen LogP contribution is 2.48. The Hall–Kier alpha value is -4.31. The fraction of sp³-hybridized carbons (Fsp3) is 0.333. The number of hydrogen-bond donors (Lipinski definition) is 3. The molecule has 0 spiro atoms. The van der Waals surface area contributed by atoms with Gasteiger partial charge in [-0.25, -0.2) is 13.8 Å². The molecule has 4 N–H and O–H groups in total. The second-order valence-corrected chi connectivity index (χ2v) is 12.3. The SMILES string of the molecule is COc1cc(C(=O)NC[C@](O)(c2cc3c(c(-c4cc(Br)c(F)cc4F)n2)OC[C@]3(C)C(N)=O)C(F)(F)F)cc2cn(C3CC3)nc12. The number of nitrogens with zero attached hydrogens (tertiary/aromatic N) is 3. The first-order chi connectivity index (χ1) is 21.6. The highest BCUT2D eigenvalue weighted by molar-refractivity contribution is 9.10. The van der Waals surface area contributed by atoms with Gasteiger partial charge in [0.1, 0.15) is 46.4 Å². The summed E-state index contributed by atoms with van der Waals surface area (Å²) in [5, 5.41) is 18.4. The van der Waals surface area contributed by atoms with Crippen molar-refractivity contribution in [2.24, 2.45) is 5.73 Å². The number of methoxy groups -OCH3 is 1. The van der Waals surface area contributed by atoms with Crippen LogP contribution in [0.25, 0.3) is 22.2 Å². The van der Waals surface area contributed by atoms with Crippen molar-refractivity contribution >= 4 is 38.6 Å². The number of ether oxygens (including phenoxy) is 2. The molecule has 6 rings (SSSR count). The van der Waals surface area contributed by atoms with E-state index in [-0.39, 0.29) is 33.1 Å². The van der Waals surface area contributed by atoms with Crippen LogP contribution in [0.5, 0.6) is 11.5 Å². The number of rotatable bonds is 8. The van der Waals surface area contributed by atoms with Crippen LogP contribution in [0.2, 0.25) is 0 Å². The van der Waals surface area contributed by atoms with E-state index in [1.807, 2.05) is 0 Å². The van der Waals surface area contributed by atoms with Gasteiger partial charge in [0, 0.05) is 34.3 Å². The summed E-state index contributed by atoms with van der Waals surface area (Å²) in [6, 6.07) is 5.16. The first kappa shape index (κ1) is 31.7. The van der Waals surface area contributed by atoms with Crippen molar-refractivity contribution < 1.29 is 46.1 Å². The van der Waals surface area contributed by atoms with E-state index in [2.05, 4.69) is 31.3 Å². The van der Waals surface area contributed by atoms with Gasteiger partial charge in [-0.3, -0.25) is 14.3 Å². The molecular formula is C30H25BrF5N5O5. The first-order valence-corrected chi connectivity index (χ1v) is 14.6. The number of nitrogens with one attached hydrogen (secondary N) is 1. The summed E-state index contributed by atoms with van der Waals surface area (Å²) in [6.07, 6.45) is -1.88. The zero-order chi connectivity index (χ0) is 33.3. The number of primary amides is 1. The van der Waals surface area contributed by atoms with Crippen molar-refractivity contribution in [3.63, 3.8) is 0 Å². The van der Waals surface area contributed by atoms with Gasteiger partial charge in [-0.15, -0.1) is 0 Å². The van der Waals surface area contributed by atoms with Gasteiger partial charge in [-0.1, -0.05) is 0 Å². The van der Waals surface area contributed by atoms with E-state index < -0.39 is 70.7 Å². The Morgan fingerprint density at radius 3 is 2.54 bits per heavy atom. The zero-order valence-electron chi connectivity index (χ0n) is 24.1. The third-order valence-electron chi connectivity index (χ3n) is 8.27. The highest BCUT2D eigenvalue weighted by atomic mass is 79.9. The van der Waals surface area contributed by atoms with Gasteiger partial charge < -0.3 is 25.6 Å². The van der Waals surface area contributed by atoms with Crippen LogP contribution >= 0.6 is 15.9 Å². The molecule has 46 heavy (non-hydrogen) atoms. The topological polar surface area (TPSA) is 142 Å². The third-order valence-corrected chi connectivity index (χ3v) is 8.88. The van der Waals surface area contributed by atoms with E-state index in [9.17, 15) is 32.3 Å². The van der Waals surface area contributed by atoms with Crippen molar-refractivity contribution in [1.82, 2.24) is 20.1 Å². The fourth-order valence-corrected chi connectivity index (χ4v) is 5.61. The summed E-state index contributed by atoms with van der Waals surface area (Å²) in [7, 11) is 1.36. The van der Waals surface area contributed by atoms with Crippen LogP contribution in [0.4, 0.5) is 22.0 Å². The van der Waals surface area contributed by atoms with E-state index in [1.54, 1.807) is 10.9 Å². The Morgan fingerprint density at radius 2 is 1.91 bits per heavy atom. The maximum Gasteiger partial charge on any atom is 0.424 e. The molecule has 0 saturated heterocycles. The maximum absolute atomic E-state index is 15.1. The van der Waals surface area contributed by atoms with Crippen LogP contribution in [0.15, 0.2) is 41.0 Å². The minimum Gasteiger partial charge on any atom is -0.494 e. The van der Waals surface area contributed by atoms with E-state index in [0.29, 0.717) is 17.0 Å². The Bertz CT molecular complexity index is 1930. The molecular weight excluding hydrogens is 685 g/mol. The lowest BCUT2D eigenvalue weighted by atomic mass is 9.81. The van der Waals surface area contributed by atoms with Gasteiger partial charge in [-0.2, -0.15) is 18.3 Å². The summed E-state index contributed by atoms with van der Waals surface area (Å²) in [6.45, 7) is -0.566. The van der Waals surface area contributed by atoms with Crippen LogP contribution in [-0.4, -0.2) is 58.1 Å². The third kappa shape index (κ3) is 5.12. The summed E-state index contributed by atoms with van der Waals surface area (Å²) in [4.78, 5) is 29.6. The van der Waals surface area contributed by atoms with Gasteiger partial charge in [-0.05, 0) is 60.0 Å². The molecule has 242 valence electrons.